The molecule has 1 amide bonds. The van der Waals surface area contributed by atoms with Crippen LogP contribution >= 0.6 is 12.4 Å². The molecule has 0 spiro atoms. The van der Waals surface area contributed by atoms with Gasteiger partial charge in [0, 0.05) is 6.54 Å². The van der Waals surface area contributed by atoms with Crippen molar-refractivity contribution in [3.63, 3.8) is 0 Å². The van der Waals surface area contributed by atoms with Crippen molar-refractivity contribution in [2.75, 3.05) is 18.4 Å². The number of amides is 1. The van der Waals surface area contributed by atoms with Gasteiger partial charge >= 0.3 is 12.1 Å². The van der Waals surface area contributed by atoms with E-state index in [1.54, 1.807) is 0 Å². The number of rotatable bonds is 4. The summed E-state index contributed by atoms with van der Waals surface area (Å²) in [6.07, 6.45) is -4.57. The van der Waals surface area contributed by atoms with Gasteiger partial charge in [-0.3, -0.25) is 19.0 Å². The van der Waals surface area contributed by atoms with Crippen molar-refractivity contribution in [2.45, 2.75) is 12.2 Å². The Morgan fingerprint density at radius 3 is 2.38 bits per heavy atom. The molecule has 1 aromatic heterocycles. The second-order valence-corrected chi connectivity index (χ2v) is 7.31. The molecule has 0 saturated carbocycles. The summed E-state index contributed by atoms with van der Waals surface area (Å²) in [6, 6.07) is 5.36. The van der Waals surface area contributed by atoms with Crippen LogP contribution in [0.2, 0.25) is 0 Å². The minimum absolute atomic E-state index is 0. The molecule has 2 aromatic carbocycles. The molecule has 0 saturated heterocycles. The molecule has 0 bridgehead atoms. The molecule has 1 aliphatic heterocycles. The molecule has 1 aliphatic rings. The average molecular weight is 502 g/mol. The summed E-state index contributed by atoms with van der Waals surface area (Å²) in [4.78, 5) is 36.6. The normalized spacial score (nSPS) is 14.8. The number of alkyl halides is 3. The Morgan fingerprint density at radius 2 is 1.79 bits per heavy atom. The topological polar surface area (TPSA) is 121 Å². The van der Waals surface area contributed by atoms with E-state index in [-0.39, 0.29) is 35.7 Å². The van der Waals surface area contributed by atoms with Crippen LogP contribution < -0.4 is 16.2 Å². The van der Waals surface area contributed by atoms with Gasteiger partial charge in [-0.15, -0.1) is 12.4 Å². The number of halogens is 5. The highest BCUT2D eigenvalue weighted by atomic mass is 35.5. The molecule has 8 nitrogen and oxygen atoms in total. The van der Waals surface area contributed by atoms with E-state index in [4.69, 9.17) is 5.11 Å². The highest BCUT2D eigenvalue weighted by Gasteiger charge is 2.33. The zero-order chi connectivity index (χ0) is 24.1. The van der Waals surface area contributed by atoms with Crippen LogP contribution in [-0.2, 0) is 11.0 Å². The molecule has 1 atom stereocenters. The maximum atomic E-state index is 14.7. The highest BCUT2D eigenvalue weighted by Crippen LogP contribution is 2.39. The third kappa shape index (κ3) is 4.12. The van der Waals surface area contributed by atoms with Crippen molar-refractivity contribution < 1.29 is 37.4 Å². The molecule has 3 aromatic rings. The lowest BCUT2D eigenvalue weighted by atomic mass is 9.98. The monoisotopic (exact) mass is 501 g/mol. The first-order chi connectivity index (χ1) is 15.5. The average Bonchev–Trinajstić information content (AvgIpc) is 2.75. The molecule has 0 fully saturated rings. The molecule has 1 unspecified atom stereocenters. The van der Waals surface area contributed by atoms with Crippen LogP contribution in [0.3, 0.4) is 0 Å². The van der Waals surface area contributed by atoms with Crippen molar-refractivity contribution in [2.24, 2.45) is 0 Å². The zero-order valence-electron chi connectivity index (χ0n) is 16.9. The Labute approximate surface area is 194 Å². The fourth-order valence-corrected chi connectivity index (χ4v) is 3.84. The molecule has 180 valence electrons. The Bertz CT molecular complexity index is 1360. The van der Waals surface area contributed by atoms with Crippen LogP contribution in [0.1, 0.15) is 27.5 Å². The summed E-state index contributed by atoms with van der Waals surface area (Å²) >= 11 is 0. The molecule has 13 heteroatoms. The van der Waals surface area contributed by atoms with Gasteiger partial charge in [0.05, 0.1) is 28.2 Å². The molecule has 0 radical (unpaired) electrons. The fourth-order valence-electron chi connectivity index (χ4n) is 3.84. The number of hydrogen-bond acceptors (Lipinski definition) is 5. The van der Waals surface area contributed by atoms with Crippen LogP contribution in [0.25, 0.3) is 10.9 Å². The number of carbonyl (C=O) groups excluding carboxylic acids is 1. The third-order valence-corrected chi connectivity index (χ3v) is 5.32. The second-order valence-electron chi connectivity index (χ2n) is 7.31. The molecule has 0 aliphatic carbocycles. The predicted octanol–water partition coefficient (Wildman–Crippen LogP) is 3.12. The summed E-state index contributed by atoms with van der Waals surface area (Å²) in [5.74, 6) is -4.57. The van der Waals surface area contributed by atoms with Crippen molar-refractivity contribution in [3.05, 3.63) is 69.3 Å². The number of carbonyl (C=O) groups is 2. The van der Waals surface area contributed by atoms with Crippen molar-refractivity contribution >= 4 is 40.9 Å². The van der Waals surface area contributed by atoms with Crippen LogP contribution in [0, 0.1) is 5.82 Å². The minimum Gasteiger partial charge on any atom is -0.506 e. The lowest BCUT2D eigenvalue weighted by Gasteiger charge is -2.30. The van der Waals surface area contributed by atoms with Crippen molar-refractivity contribution in [1.82, 2.24) is 9.88 Å². The van der Waals surface area contributed by atoms with E-state index in [1.807, 2.05) is 5.32 Å². The van der Waals surface area contributed by atoms with Crippen LogP contribution in [0.4, 0.5) is 23.2 Å². The number of benzene rings is 2. The van der Waals surface area contributed by atoms with E-state index in [0.717, 1.165) is 34.9 Å². The van der Waals surface area contributed by atoms with Crippen LogP contribution in [-0.4, -0.2) is 39.7 Å². The summed E-state index contributed by atoms with van der Waals surface area (Å²) in [5.41, 5.74) is -2.39. The lowest BCUT2D eigenvalue weighted by Crippen LogP contribution is -2.40. The van der Waals surface area contributed by atoms with E-state index in [0.29, 0.717) is 0 Å². The van der Waals surface area contributed by atoms with Gasteiger partial charge in [-0.25, -0.2) is 4.39 Å². The second kappa shape index (κ2) is 8.86. The van der Waals surface area contributed by atoms with Gasteiger partial charge in [0.15, 0.2) is 0 Å². The van der Waals surface area contributed by atoms with Crippen molar-refractivity contribution in [1.29, 1.82) is 0 Å². The quantitative estimate of drug-likeness (QED) is 0.408. The van der Waals surface area contributed by atoms with Gasteiger partial charge in [-0.2, -0.15) is 13.2 Å². The van der Waals surface area contributed by atoms with Gasteiger partial charge in [0.2, 0.25) is 0 Å². The van der Waals surface area contributed by atoms with E-state index in [9.17, 15) is 37.1 Å². The highest BCUT2D eigenvalue weighted by molar-refractivity contribution is 6.06. The van der Waals surface area contributed by atoms with Crippen LogP contribution in [0.15, 0.2) is 41.2 Å². The Hall–Kier alpha value is -3.80. The number of nitrogens with zero attached hydrogens (tertiary/aromatic N) is 1. The number of nitrogens with one attached hydrogen (secondary N) is 2. The van der Waals surface area contributed by atoms with E-state index < -0.39 is 64.3 Å². The number of hydrogen-bond donors (Lipinski definition) is 4. The smallest absolute Gasteiger partial charge is 0.416 e. The molecule has 34 heavy (non-hydrogen) atoms. The zero-order valence-corrected chi connectivity index (χ0v) is 17.8. The van der Waals surface area contributed by atoms with Crippen LogP contribution in [0.5, 0.6) is 5.75 Å². The predicted molar refractivity (Wildman–Crippen MR) is 115 cm³/mol. The van der Waals surface area contributed by atoms with Crippen molar-refractivity contribution in [3.8, 4) is 5.75 Å². The molecular formula is C21H16ClF4N3O5. The first-order valence-corrected chi connectivity index (χ1v) is 9.51. The SMILES string of the molecule is Cl.O=C(O)CNC(=O)c1c(O)c2c(F)ccc3c2n(c1=O)C(c1ccc(C(F)(F)F)cc1)CN3. The van der Waals surface area contributed by atoms with Gasteiger partial charge in [-0.1, -0.05) is 12.1 Å². The summed E-state index contributed by atoms with van der Waals surface area (Å²) in [5, 5.41) is 23.8. The van der Waals surface area contributed by atoms with E-state index >= 15 is 0 Å². The Kier molecular flexibility index (Phi) is 6.47. The van der Waals surface area contributed by atoms with Gasteiger partial charge in [0.25, 0.3) is 11.5 Å². The number of aromatic nitrogens is 1. The Morgan fingerprint density at radius 1 is 1.15 bits per heavy atom. The molecule has 2 heterocycles. The maximum Gasteiger partial charge on any atom is 0.416 e. The molecule has 4 N–H and O–H groups in total. The number of carboxylic acids is 1. The van der Waals surface area contributed by atoms with Gasteiger partial charge < -0.3 is 20.8 Å². The largest absolute Gasteiger partial charge is 0.506 e. The fraction of sp³-hybridized carbons (Fsp3) is 0.190. The Balaban J connectivity index is 0.00000324. The standard InChI is InChI=1S/C21H15F4N3O5.ClH/c22-11-5-6-12-17-15(11)18(31)16(19(32)27-8-14(29)30)20(33)28(17)13(7-26-12)9-1-3-10(4-2-9)21(23,24)25;/h1-6,13,26,31H,7-8H2,(H,27,32)(H,29,30);1H. The number of aliphatic carboxylic acids is 1. The first kappa shape index (κ1) is 24.8. The molecule has 4 rings (SSSR count). The summed E-state index contributed by atoms with van der Waals surface area (Å²) < 4.78 is 54.6. The first-order valence-electron chi connectivity index (χ1n) is 9.51. The maximum absolute atomic E-state index is 14.7. The summed E-state index contributed by atoms with van der Waals surface area (Å²) in [6.45, 7) is -0.845. The summed E-state index contributed by atoms with van der Waals surface area (Å²) in [7, 11) is 0. The van der Waals surface area contributed by atoms with Gasteiger partial charge in [0.1, 0.15) is 23.7 Å². The number of anilines is 1. The lowest BCUT2D eigenvalue weighted by molar-refractivity contribution is -0.138. The van der Waals surface area contributed by atoms with E-state index in [2.05, 4.69) is 5.32 Å². The minimum atomic E-state index is -4.57. The third-order valence-electron chi connectivity index (χ3n) is 5.32. The van der Waals surface area contributed by atoms with E-state index in [1.165, 1.54) is 6.07 Å². The van der Waals surface area contributed by atoms with Gasteiger partial charge in [-0.05, 0) is 29.8 Å². The number of aromatic hydroxyl groups is 1. The molecular weight excluding hydrogens is 486 g/mol. The number of carboxylic acid groups (broad SMARTS) is 1. The number of pyridine rings is 1.